The first-order chi connectivity index (χ1) is 11.4. The van der Waals surface area contributed by atoms with Crippen molar-refractivity contribution in [3.05, 3.63) is 29.8 Å². The van der Waals surface area contributed by atoms with Crippen molar-refractivity contribution < 1.29 is 4.55 Å². The third kappa shape index (κ3) is 2.77. The zero-order valence-electron chi connectivity index (χ0n) is 14.7. The van der Waals surface area contributed by atoms with Crippen molar-refractivity contribution in [2.45, 2.75) is 56.4 Å². The molecule has 1 aromatic rings. The highest BCUT2D eigenvalue weighted by Crippen LogP contribution is 2.62. The van der Waals surface area contributed by atoms with Gasteiger partial charge >= 0.3 is 0 Å². The van der Waals surface area contributed by atoms with E-state index in [1.54, 1.807) is 0 Å². The van der Waals surface area contributed by atoms with E-state index in [9.17, 15) is 9.81 Å². The molecule has 4 saturated carbocycles. The highest BCUT2D eigenvalue weighted by atomic mass is 32.3. The van der Waals surface area contributed by atoms with Gasteiger partial charge < -0.3 is 4.55 Å². The monoisotopic (exact) mass is 344 g/mol. The number of hydrogen-bond donors (Lipinski definition) is 2. The molecule has 2 atom stereocenters. The van der Waals surface area contributed by atoms with Crippen LogP contribution in [-0.4, -0.2) is 16.9 Å². The van der Waals surface area contributed by atoms with Crippen LogP contribution in [0.2, 0.25) is 0 Å². The molecular weight excluding hydrogens is 316 g/mol. The zero-order valence-corrected chi connectivity index (χ0v) is 15.5. The fourth-order valence-electron chi connectivity index (χ4n) is 5.92. The van der Waals surface area contributed by atoms with Crippen LogP contribution < -0.4 is 4.72 Å². The van der Waals surface area contributed by atoms with Crippen molar-refractivity contribution in [3.8, 4) is 6.07 Å². The Morgan fingerprint density at radius 1 is 1.12 bits per heavy atom. The smallest absolute Gasteiger partial charge is 0.110 e. The van der Waals surface area contributed by atoms with Gasteiger partial charge in [-0.15, -0.1) is 0 Å². The fourth-order valence-corrected chi connectivity index (χ4v) is 7.48. The SMILES string of the molecule is Cc1ccc(S(C)(O)N[C@H](C#N)C23CC4CC(CC(C4)C2)C3)cc1. The van der Waals surface area contributed by atoms with E-state index in [1.165, 1.54) is 44.1 Å². The molecule has 3 nitrogen and oxygen atoms in total. The van der Waals surface area contributed by atoms with E-state index >= 15 is 0 Å². The third-order valence-electron chi connectivity index (χ3n) is 6.65. The molecule has 2 N–H and O–H groups in total. The molecule has 0 heterocycles. The molecule has 0 amide bonds. The summed E-state index contributed by atoms with van der Waals surface area (Å²) in [6.45, 7) is 2.05. The van der Waals surface area contributed by atoms with Gasteiger partial charge in [0.1, 0.15) is 6.04 Å². The van der Waals surface area contributed by atoms with Gasteiger partial charge in [-0.1, -0.05) is 28.2 Å². The summed E-state index contributed by atoms with van der Waals surface area (Å²) in [5.74, 6) is 2.44. The molecule has 4 bridgehead atoms. The Kier molecular flexibility index (Phi) is 3.95. The first-order valence-electron chi connectivity index (χ1n) is 9.14. The molecule has 0 radical (unpaired) electrons. The topological polar surface area (TPSA) is 56.0 Å². The average Bonchev–Trinajstić information content (AvgIpc) is 2.51. The number of nitriles is 1. The molecule has 1 unspecified atom stereocenters. The lowest BCUT2D eigenvalue weighted by molar-refractivity contribution is -0.0604. The zero-order chi connectivity index (χ0) is 16.9. The number of hydrogen-bond acceptors (Lipinski definition) is 3. The van der Waals surface area contributed by atoms with Gasteiger partial charge in [0.05, 0.1) is 6.07 Å². The Labute approximate surface area is 147 Å². The largest absolute Gasteiger partial charge is 0.334 e. The summed E-state index contributed by atoms with van der Waals surface area (Å²) in [6.07, 6.45) is 9.51. The van der Waals surface area contributed by atoms with Crippen LogP contribution in [0.1, 0.15) is 44.1 Å². The highest BCUT2D eigenvalue weighted by Gasteiger charge is 2.55. The first kappa shape index (κ1) is 16.4. The molecule has 4 aliphatic carbocycles. The molecule has 130 valence electrons. The molecule has 0 aromatic heterocycles. The van der Waals surface area contributed by atoms with Gasteiger partial charge in [-0.3, -0.25) is 0 Å². The molecule has 0 saturated heterocycles. The third-order valence-corrected chi connectivity index (χ3v) is 8.54. The maximum atomic E-state index is 11.1. The van der Waals surface area contributed by atoms with Crippen molar-refractivity contribution in [2.24, 2.45) is 23.2 Å². The van der Waals surface area contributed by atoms with Gasteiger partial charge in [0.15, 0.2) is 0 Å². The minimum Gasteiger partial charge on any atom is -0.334 e. The number of aryl methyl sites for hydroxylation is 1. The fraction of sp³-hybridized carbons (Fsp3) is 0.650. The normalized spacial score (nSPS) is 39.0. The van der Waals surface area contributed by atoms with E-state index < -0.39 is 10.5 Å². The summed E-state index contributed by atoms with van der Waals surface area (Å²) in [5, 5.41) is 9.93. The van der Waals surface area contributed by atoms with Crippen molar-refractivity contribution >= 4 is 10.5 Å². The molecule has 4 fully saturated rings. The molecule has 4 heteroatoms. The van der Waals surface area contributed by atoms with Crippen LogP contribution in [-0.2, 0) is 0 Å². The van der Waals surface area contributed by atoms with Crippen LogP contribution in [0.5, 0.6) is 0 Å². The standard InChI is InChI=1S/C20H28N2OS/c1-14-3-5-18(6-4-14)24(2,23)22-19(13-21)20-10-15-7-16(11-20)9-17(8-15)12-20/h3-6,15-17,19,22-23H,7-12H2,1-2H3/t15?,16?,17?,19-,20?/m1/s1. The lowest BCUT2D eigenvalue weighted by atomic mass is 9.48. The van der Waals surface area contributed by atoms with Crippen LogP contribution >= 0.6 is 10.5 Å². The van der Waals surface area contributed by atoms with Gasteiger partial charge in [-0.2, -0.15) is 5.26 Å². The summed E-state index contributed by atoms with van der Waals surface area (Å²) in [7, 11) is -2.15. The van der Waals surface area contributed by atoms with Gasteiger partial charge in [-0.05, 0) is 75.3 Å². The van der Waals surface area contributed by atoms with E-state index in [0.29, 0.717) is 0 Å². The minimum absolute atomic E-state index is 0.0885. The van der Waals surface area contributed by atoms with E-state index in [1.807, 2.05) is 30.5 Å². The highest BCUT2D eigenvalue weighted by molar-refractivity contribution is 8.27. The van der Waals surface area contributed by atoms with Gasteiger partial charge in [0.2, 0.25) is 0 Å². The van der Waals surface area contributed by atoms with Crippen molar-refractivity contribution in [1.82, 2.24) is 4.72 Å². The number of nitrogens with zero attached hydrogens (tertiary/aromatic N) is 1. The van der Waals surface area contributed by atoms with E-state index in [4.69, 9.17) is 0 Å². The first-order valence-corrected chi connectivity index (χ1v) is 11.1. The summed E-state index contributed by atoms with van der Waals surface area (Å²) < 4.78 is 14.5. The Hall–Kier alpha value is -1.02. The number of benzene rings is 1. The summed E-state index contributed by atoms with van der Waals surface area (Å²) >= 11 is 0. The second kappa shape index (κ2) is 5.76. The van der Waals surface area contributed by atoms with Crippen LogP contribution in [0.3, 0.4) is 0 Å². The van der Waals surface area contributed by atoms with E-state index in [2.05, 4.69) is 17.7 Å². The average molecular weight is 345 g/mol. The second-order valence-corrected chi connectivity index (χ2v) is 11.1. The van der Waals surface area contributed by atoms with Crippen LogP contribution in [0.15, 0.2) is 29.2 Å². The Bertz CT molecular complexity index is 626. The van der Waals surface area contributed by atoms with E-state index in [0.717, 1.165) is 22.6 Å². The van der Waals surface area contributed by atoms with Crippen molar-refractivity contribution in [3.63, 3.8) is 0 Å². The molecule has 0 aliphatic heterocycles. The summed E-state index contributed by atoms with van der Waals surface area (Å²) in [4.78, 5) is 0.915. The predicted molar refractivity (Wildman–Crippen MR) is 98.7 cm³/mol. The minimum atomic E-state index is -2.15. The molecule has 1 aromatic carbocycles. The molecular formula is C20H28N2OS. The predicted octanol–water partition coefficient (Wildman–Crippen LogP) is 4.87. The van der Waals surface area contributed by atoms with E-state index in [-0.39, 0.29) is 11.5 Å². The van der Waals surface area contributed by atoms with Crippen LogP contribution in [0.25, 0.3) is 0 Å². The van der Waals surface area contributed by atoms with Gasteiger partial charge in [-0.25, -0.2) is 4.72 Å². The van der Waals surface area contributed by atoms with Crippen molar-refractivity contribution in [2.75, 3.05) is 6.26 Å². The lowest BCUT2D eigenvalue weighted by Gasteiger charge is -2.59. The van der Waals surface area contributed by atoms with Gasteiger partial charge in [0, 0.05) is 16.6 Å². The Balaban J connectivity index is 1.58. The lowest BCUT2D eigenvalue weighted by Crippen LogP contribution is -2.55. The number of rotatable bonds is 4. The van der Waals surface area contributed by atoms with Crippen LogP contribution in [0.4, 0.5) is 0 Å². The molecule has 0 spiro atoms. The molecule has 4 aliphatic rings. The quantitative estimate of drug-likeness (QED) is 0.819. The maximum absolute atomic E-state index is 11.1. The summed E-state index contributed by atoms with van der Waals surface area (Å²) in [5.41, 5.74) is 1.28. The number of nitrogens with one attached hydrogen (secondary N) is 1. The molecule has 24 heavy (non-hydrogen) atoms. The second-order valence-electron chi connectivity index (χ2n) is 8.65. The Morgan fingerprint density at radius 3 is 2.08 bits per heavy atom. The van der Waals surface area contributed by atoms with Gasteiger partial charge in [0.25, 0.3) is 0 Å². The summed E-state index contributed by atoms with van der Waals surface area (Å²) in [6, 6.07) is 10.4. The Morgan fingerprint density at radius 2 is 1.62 bits per heavy atom. The maximum Gasteiger partial charge on any atom is 0.110 e. The van der Waals surface area contributed by atoms with Crippen LogP contribution in [0, 0.1) is 41.4 Å². The molecule has 5 rings (SSSR count). The van der Waals surface area contributed by atoms with Crippen molar-refractivity contribution in [1.29, 1.82) is 5.26 Å².